The van der Waals surface area contributed by atoms with Gasteiger partial charge < -0.3 is 0 Å². The van der Waals surface area contributed by atoms with Crippen molar-refractivity contribution in [2.24, 2.45) is 0 Å². The van der Waals surface area contributed by atoms with Crippen LogP contribution in [-0.4, -0.2) is 0 Å². The van der Waals surface area contributed by atoms with Crippen LogP contribution in [0.15, 0.2) is 46.4 Å². The average molecular weight is 390 g/mol. The highest BCUT2D eigenvalue weighted by Gasteiger charge is 2.34. The van der Waals surface area contributed by atoms with Crippen molar-refractivity contribution in [2.45, 2.75) is 0 Å². The molecule has 126 valence electrons. The Balaban J connectivity index is 1.93. The largest absolute Gasteiger partial charge is 0.270 e. The van der Waals surface area contributed by atoms with Gasteiger partial charge in [-0.3, -0.25) is 0 Å². The Kier molecular flexibility index (Phi) is 3.35. The minimum Gasteiger partial charge on any atom is -0.226 e. The number of hydrogen-bond acceptors (Lipinski definition) is 4. The van der Waals surface area contributed by atoms with Gasteiger partial charge >= 0.3 is 0 Å². The van der Waals surface area contributed by atoms with Gasteiger partial charge in [0.1, 0.15) is 0 Å². The first-order valence-corrected chi connectivity index (χ1v) is 9.88. The maximum absolute atomic E-state index is 9.49. The van der Waals surface area contributed by atoms with E-state index >= 15 is 0 Å². The van der Waals surface area contributed by atoms with E-state index in [0.717, 1.165) is 43.1 Å². The number of benzene rings is 1. The average Bonchev–Trinajstić information content (AvgIpc) is 3.46. The van der Waals surface area contributed by atoms with Crippen molar-refractivity contribution in [1.29, 1.82) is 10.5 Å². The van der Waals surface area contributed by atoms with E-state index in [2.05, 4.69) is 15.8 Å². The van der Waals surface area contributed by atoms with E-state index in [4.69, 9.17) is 13.1 Å². The molecule has 0 radical (unpaired) electrons. The standard InChI is InChI=1S/C22H6N4S2/c1-25-17(9-23)19-11-3-5-27-21(11)15-8-16-14(7-13(15)19)20(18(10-24)26-2)12-4-6-28-22(12)16/h3-8H/b19-17-,20-18+. The Labute approximate surface area is 168 Å². The molecule has 2 heterocycles. The fourth-order valence-electron chi connectivity index (χ4n) is 3.89. The Bertz CT molecular complexity index is 1310. The molecule has 2 aliphatic carbocycles. The lowest BCUT2D eigenvalue weighted by Crippen LogP contribution is -1.90. The number of fused-ring (bicyclic) bond motifs is 6. The highest BCUT2D eigenvalue weighted by molar-refractivity contribution is 7.14. The van der Waals surface area contributed by atoms with Crippen molar-refractivity contribution in [3.63, 3.8) is 0 Å². The molecular formula is C22H6N4S2. The van der Waals surface area contributed by atoms with E-state index in [-0.39, 0.29) is 11.4 Å². The number of nitrogens with zero attached hydrogens (tertiary/aromatic N) is 4. The molecule has 0 saturated carbocycles. The second-order valence-corrected chi connectivity index (χ2v) is 8.00. The van der Waals surface area contributed by atoms with E-state index < -0.39 is 0 Å². The van der Waals surface area contributed by atoms with Crippen molar-refractivity contribution in [2.75, 3.05) is 0 Å². The molecule has 0 saturated heterocycles. The lowest BCUT2D eigenvalue weighted by molar-refractivity contribution is 1.49. The smallest absolute Gasteiger partial charge is 0.226 e. The molecular weight excluding hydrogens is 384 g/mol. The zero-order valence-electron chi connectivity index (χ0n) is 14.1. The second-order valence-electron chi connectivity index (χ2n) is 6.16. The van der Waals surface area contributed by atoms with Gasteiger partial charge in [-0.1, -0.05) is 0 Å². The summed E-state index contributed by atoms with van der Waals surface area (Å²) in [5.41, 5.74) is 6.84. The number of nitriles is 2. The fraction of sp³-hybridized carbons (Fsp3) is 0. The summed E-state index contributed by atoms with van der Waals surface area (Å²) in [5.74, 6) is 0. The third-order valence-electron chi connectivity index (χ3n) is 4.96. The molecule has 0 unspecified atom stereocenters. The van der Waals surface area contributed by atoms with Crippen molar-refractivity contribution in [3.05, 3.63) is 91.5 Å². The van der Waals surface area contributed by atoms with Crippen LogP contribution in [0.1, 0.15) is 22.3 Å². The zero-order chi connectivity index (χ0) is 19.4. The monoisotopic (exact) mass is 390 g/mol. The van der Waals surface area contributed by atoms with Crippen molar-refractivity contribution < 1.29 is 0 Å². The van der Waals surface area contributed by atoms with Gasteiger partial charge in [-0.2, -0.15) is 0 Å². The van der Waals surface area contributed by atoms with Crippen LogP contribution >= 0.6 is 22.7 Å². The Hall–Kier alpha value is -3.94. The molecule has 28 heavy (non-hydrogen) atoms. The van der Waals surface area contributed by atoms with Gasteiger partial charge in [0.2, 0.25) is 0 Å². The van der Waals surface area contributed by atoms with Crippen LogP contribution in [0.2, 0.25) is 0 Å². The molecule has 2 aliphatic rings. The number of hydrogen-bond donors (Lipinski definition) is 0. The quantitative estimate of drug-likeness (QED) is 0.234. The molecule has 3 aromatic rings. The molecule has 0 fully saturated rings. The topological polar surface area (TPSA) is 56.3 Å². The lowest BCUT2D eigenvalue weighted by atomic mass is 9.95. The Morgan fingerprint density at radius 3 is 1.54 bits per heavy atom. The molecule has 0 N–H and O–H groups in total. The molecule has 0 aliphatic heterocycles. The highest BCUT2D eigenvalue weighted by atomic mass is 32.1. The van der Waals surface area contributed by atoms with Crippen LogP contribution in [0, 0.1) is 35.8 Å². The first-order chi connectivity index (χ1) is 13.7. The summed E-state index contributed by atoms with van der Waals surface area (Å²) in [6.45, 7) is 14.8. The molecule has 0 amide bonds. The summed E-state index contributed by atoms with van der Waals surface area (Å²) in [6, 6.07) is 11.9. The molecule has 6 heteroatoms. The summed E-state index contributed by atoms with van der Waals surface area (Å²) >= 11 is 3.17. The normalized spacial score (nSPS) is 15.9. The lowest BCUT2D eigenvalue weighted by Gasteiger charge is -2.09. The summed E-state index contributed by atoms with van der Waals surface area (Å²) in [4.78, 5) is 8.97. The minimum absolute atomic E-state index is 0.0577. The zero-order valence-corrected chi connectivity index (χ0v) is 15.7. The predicted molar refractivity (Wildman–Crippen MR) is 110 cm³/mol. The number of thiophene rings is 2. The van der Waals surface area contributed by atoms with Gasteiger partial charge in [0.25, 0.3) is 11.4 Å². The molecule has 0 spiro atoms. The van der Waals surface area contributed by atoms with E-state index in [1.165, 1.54) is 0 Å². The molecule has 4 nitrogen and oxygen atoms in total. The van der Waals surface area contributed by atoms with Crippen LogP contribution in [-0.2, 0) is 0 Å². The first-order valence-electron chi connectivity index (χ1n) is 8.12. The Morgan fingerprint density at radius 1 is 0.714 bits per heavy atom. The van der Waals surface area contributed by atoms with Crippen molar-refractivity contribution in [3.8, 4) is 33.0 Å². The number of allylic oxidation sites excluding steroid dienone is 2. The Morgan fingerprint density at radius 2 is 1.14 bits per heavy atom. The van der Waals surface area contributed by atoms with Crippen LogP contribution in [0.5, 0.6) is 0 Å². The van der Waals surface area contributed by atoms with Gasteiger partial charge in [0.05, 0.1) is 25.3 Å². The summed E-state index contributed by atoms with van der Waals surface area (Å²) in [5, 5.41) is 22.9. The third kappa shape index (κ3) is 1.88. The maximum Gasteiger partial charge on any atom is 0.270 e. The molecule has 5 rings (SSSR count). The van der Waals surface area contributed by atoms with Crippen LogP contribution < -0.4 is 0 Å². The maximum atomic E-state index is 9.49. The van der Waals surface area contributed by atoms with E-state index in [1.807, 2.05) is 41.1 Å². The van der Waals surface area contributed by atoms with Crippen LogP contribution in [0.4, 0.5) is 0 Å². The van der Waals surface area contributed by atoms with Gasteiger partial charge in [-0.25, -0.2) is 20.2 Å². The fourth-order valence-corrected chi connectivity index (χ4v) is 5.76. The first kappa shape index (κ1) is 16.2. The summed E-state index contributed by atoms with van der Waals surface area (Å²) in [6.07, 6.45) is 0. The second kappa shape index (κ2) is 5.78. The molecule has 2 aromatic heterocycles. The predicted octanol–water partition coefficient (Wildman–Crippen LogP) is 6.17. The number of rotatable bonds is 0. The van der Waals surface area contributed by atoms with Crippen LogP contribution in [0.3, 0.4) is 0 Å². The summed E-state index contributed by atoms with van der Waals surface area (Å²) < 4.78 is 0. The van der Waals surface area contributed by atoms with Gasteiger partial charge in [0.15, 0.2) is 0 Å². The SMILES string of the molecule is [C-]#[N+]/C(C#N)=C1/c2cc3c(cc2-c2sccc21)-c1sccc1/C3=C(\C#N)[N+]#[C-]. The molecule has 0 bridgehead atoms. The van der Waals surface area contributed by atoms with Gasteiger partial charge in [-0.05, 0) is 68.4 Å². The molecule has 1 aromatic carbocycles. The van der Waals surface area contributed by atoms with Crippen molar-refractivity contribution in [1.82, 2.24) is 0 Å². The minimum atomic E-state index is 0.0577. The van der Waals surface area contributed by atoms with E-state index in [9.17, 15) is 10.5 Å². The van der Waals surface area contributed by atoms with Gasteiger partial charge in [0, 0.05) is 20.9 Å². The molecule has 0 atom stereocenters. The summed E-state index contributed by atoms with van der Waals surface area (Å²) in [7, 11) is 0. The van der Waals surface area contributed by atoms with E-state index in [0.29, 0.717) is 11.1 Å². The van der Waals surface area contributed by atoms with Gasteiger partial charge in [-0.15, -0.1) is 22.7 Å². The highest BCUT2D eigenvalue weighted by Crippen LogP contribution is 2.55. The van der Waals surface area contributed by atoms with E-state index in [1.54, 1.807) is 22.7 Å². The third-order valence-corrected chi connectivity index (χ3v) is 6.86. The van der Waals surface area contributed by atoms with Crippen molar-refractivity contribution >= 4 is 33.8 Å². The van der Waals surface area contributed by atoms with Crippen LogP contribution in [0.25, 0.3) is 41.7 Å².